The van der Waals surface area contributed by atoms with Crippen LogP contribution in [0.5, 0.6) is 0 Å². The van der Waals surface area contributed by atoms with Crippen LogP contribution in [0.25, 0.3) is 0 Å². The summed E-state index contributed by atoms with van der Waals surface area (Å²) in [4.78, 5) is 1.46. The Bertz CT molecular complexity index is 249. The minimum absolute atomic E-state index is 0.171. The predicted octanol–water partition coefficient (Wildman–Crippen LogP) is 3.01. The van der Waals surface area contributed by atoms with Gasteiger partial charge in [-0.3, -0.25) is 0 Å². The van der Waals surface area contributed by atoms with Gasteiger partial charge >= 0.3 is 0 Å². The van der Waals surface area contributed by atoms with Crippen molar-refractivity contribution in [2.75, 3.05) is 6.61 Å². The van der Waals surface area contributed by atoms with E-state index >= 15 is 0 Å². The number of rotatable bonds is 5. The van der Waals surface area contributed by atoms with Crippen LogP contribution in [0.15, 0.2) is 29.2 Å². The van der Waals surface area contributed by atoms with Crippen molar-refractivity contribution < 1.29 is 5.11 Å². The molecule has 0 spiro atoms. The molecule has 0 radical (unpaired) electrons. The van der Waals surface area contributed by atoms with Crippen LogP contribution in [0.1, 0.15) is 24.6 Å². The van der Waals surface area contributed by atoms with Gasteiger partial charge in [-0.15, -0.1) is 11.3 Å². The third-order valence-electron chi connectivity index (χ3n) is 2.01. The first kappa shape index (κ1) is 10.5. The summed E-state index contributed by atoms with van der Waals surface area (Å²) in [5.41, 5.74) is 1.29. The van der Waals surface area contributed by atoms with Crippen LogP contribution in [-0.2, 0) is 6.42 Å². The molecule has 0 amide bonds. The van der Waals surface area contributed by atoms with Gasteiger partial charge in [0.05, 0.1) is 6.61 Å². The average molecular weight is 196 g/mol. The van der Waals surface area contributed by atoms with Crippen LogP contribution < -0.4 is 0 Å². The van der Waals surface area contributed by atoms with Crippen LogP contribution >= 0.6 is 11.3 Å². The predicted molar refractivity (Wildman–Crippen MR) is 58.1 cm³/mol. The summed E-state index contributed by atoms with van der Waals surface area (Å²) in [7, 11) is 0. The molecule has 0 unspecified atom stereocenters. The molecule has 0 aromatic carbocycles. The van der Waals surface area contributed by atoms with Crippen LogP contribution in [0.2, 0.25) is 0 Å². The lowest BCUT2D eigenvalue weighted by Gasteiger charge is -1.99. The third-order valence-corrected chi connectivity index (χ3v) is 2.95. The normalized spacial score (nSPS) is 12.0. The van der Waals surface area contributed by atoms with Crippen molar-refractivity contribution in [3.8, 4) is 0 Å². The Balaban J connectivity index is 2.18. The zero-order chi connectivity index (χ0) is 9.52. The summed E-state index contributed by atoms with van der Waals surface area (Å²) in [6, 6.07) is 4.27. The Morgan fingerprint density at radius 3 is 3.08 bits per heavy atom. The Morgan fingerprint density at radius 1 is 1.62 bits per heavy atom. The maximum absolute atomic E-state index is 8.65. The van der Waals surface area contributed by atoms with E-state index in [9.17, 15) is 0 Å². The van der Waals surface area contributed by atoms with Gasteiger partial charge in [0.25, 0.3) is 0 Å². The molecule has 0 saturated heterocycles. The minimum Gasteiger partial charge on any atom is -0.392 e. The highest BCUT2D eigenvalue weighted by Gasteiger charge is 1.94. The maximum Gasteiger partial charge on any atom is 0.0614 e. The average Bonchev–Trinajstić information content (AvgIpc) is 2.57. The third kappa shape index (κ3) is 4.25. The Kier molecular flexibility index (Phi) is 4.79. The molecule has 1 nitrogen and oxygen atoms in total. The first-order valence-corrected chi connectivity index (χ1v) is 5.50. The standard InChI is InChI=1S/C11H16OS/c1-10(7-8-12)4-2-5-11-6-3-9-13-11/h3,6-7,9,12H,2,4-5,8H2,1H3/b10-7-. The molecule has 0 bridgehead atoms. The first-order chi connectivity index (χ1) is 6.33. The zero-order valence-electron chi connectivity index (χ0n) is 7.99. The van der Waals surface area contributed by atoms with E-state index in [-0.39, 0.29) is 6.61 Å². The fourth-order valence-electron chi connectivity index (χ4n) is 1.25. The van der Waals surface area contributed by atoms with Crippen molar-refractivity contribution in [1.82, 2.24) is 0 Å². The Hall–Kier alpha value is -0.600. The van der Waals surface area contributed by atoms with E-state index in [1.165, 1.54) is 16.9 Å². The van der Waals surface area contributed by atoms with Gasteiger partial charge < -0.3 is 5.11 Å². The van der Waals surface area contributed by atoms with Crippen molar-refractivity contribution in [3.63, 3.8) is 0 Å². The fraction of sp³-hybridized carbons (Fsp3) is 0.455. The van der Waals surface area contributed by atoms with Crippen LogP contribution in [-0.4, -0.2) is 11.7 Å². The molecule has 0 aliphatic rings. The topological polar surface area (TPSA) is 20.2 Å². The van der Waals surface area contributed by atoms with Crippen LogP contribution in [0, 0.1) is 0 Å². The molecule has 2 heteroatoms. The number of aliphatic hydroxyl groups is 1. The van der Waals surface area contributed by atoms with E-state index in [4.69, 9.17) is 5.11 Å². The molecule has 72 valence electrons. The smallest absolute Gasteiger partial charge is 0.0614 e. The minimum atomic E-state index is 0.171. The van der Waals surface area contributed by atoms with Gasteiger partial charge in [-0.05, 0) is 37.6 Å². The molecule has 1 heterocycles. The molecule has 0 aliphatic carbocycles. The second kappa shape index (κ2) is 5.95. The van der Waals surface area contributed by atoms with Crippen LogP contribution in [0.3, 0.4) is 0 Å². The monoisotopic (exact) mass is 196 g/mol. The summed E-state index contributed by atoms with van der Waals surface area (Å²) in [5, 5.41) is 10.8. The summed E-state index contributed by atoms with van der Waals surface area (Å²) in [6.45, 7) is 2.25. The summed E-state index contributed by atoms with van der Waals surface area (Å²) < 4.78 is 0. The van der Waals surface area contributed by atoms with Crippen molar-refractivity contribution in [2.45, 2.75) is 26.2 Å². The SMILES string of the molecule is C/C(=C/CO)CCCc1cccs1. The molecular formula is C11H16OS. The van der Waals surface area contributed by atoms with Gasteiger partial charge in [-0.2, -0.15) is 0 Å². The lowest BCUT2D eigenvalue weighted by molar-refractivity contribution is 0.341. The van der Waals surface area contributed by atoms with Gasteiger partial charge in [0.1, 0.15) is 0 Å². The van der Waals surface area contributed by atoms with Crippen molar-refractivity contribution in [2.24, 2.45) is 0 Å². The molecular weight excluding hydrogens is 180 g/mol. The van der Waals surface area contributed by atoms with Gasteiger partial charge in [0.2, 0.25) is 0 Å². The molecule has 1 aromatic rings. The molecule has 0 aliphatic heterocycles. The number of aryl methyl sites for hydroxylation is 1. The van der Waals surface area contributed by atoms with E-state index in [0.29, 0.717) is 0 Å². The summed E-state index contributed by atoms with van der Waals surface area (Å²) in [6.07, 6.45) is 5.32. The van der Waals surface area contributed by atoms with E-state index in [1.54, 1.807) is 0 Å². The van der Waals surface area contributed by atoms with Gasteiger partial charge in [0, 0.05) is 4.88 Å². The largest absolute Gasteiger partial charge is 0.392 e. The highest BCUT2D eigenvalue weighted by atomic mass is 32.1. The van der Waals surface area contributed by atoms with E-state index in [1.807, 2.05) is 17.4 Å². The highest BCUT2D eigenvalue weighted by Crippen LogP contribution is 2.14. The number of allylic oxidation sites excluding steroid dienone is 1. The van der Waals surface area contributed by atoms with Crippen molar-refractivity contribution >= 4 is 11.3 Å². The van der Waals surface area contributed by atoms with Gasteiger partial charge in [-0.1, -0.05) is 17.7 Å². The quantitative estimate of drug-likeness (QED) is 0.718. The van der Waals surface area contributed by atoms with E-state index < -0.39 is 0 Å². The second-order valence-corrected chi connectivity index (χ2v) is 4.20. The second-order valence-electron chi connectivity index (χ2n) is 3.17. The lowest BCUT2D eigenvalue weighted by atomic mass is 10.1. The Labute approximate surface area is 83.7 Å². The van der Waals surface area contributed by atoms with Crippen molar-refractivity contribution in [1.29, 1.82) is 0 Å². The molecule has 0 atom stereocenters. The Morgan fingerprint density at radius 2 is 2.46 bits per heavy atom. The van der Waals surface area contributed by atoms with Gasteiger partial charge in [0.15, 0.2) is 0 Å². The molecule has 0 fully saturated rings. The number of aliphatic hydroxyl groups excluding tert-OH is 1. The fourth-order valence-corrected chi connectivity index (χ4v) is 2.01. The molecule has 1 aromatic heterocycles. The number of hydrogen-bond acceptors (Lipinski definition) is 2. The molecule has 1 N–H and O–H groups in total. The van der Waals surface area contributed by atoms with E-state index in [2.05, 4.69) is 24.4 Å². The highest BCUT2D eigenvalue weighted by molar-refractivity contribution is 7.09. The maximum atomic E-state index is 8.65. The number of thiophene rings is 1. The van der Waals surface area contributed by atoms with E-state index in [0.717, 1.165) is 12.8 Å². The first-order valence-electron chi connectivity index (χ1n) is 4.62. The van der Waals surface area contributed by atoms with Gasteiger partial charge in [-0.25, -0.2) is 0 Å². The van der Waals surface area contributed by atoms with Crippen molar-refractivity contribution in [3.05, 3.63) is 34.0 Å². The lowest BCUT2D eigenvalue weighted by Crippen LogP contribution is -1.84. The molecule has 0 saturated carbocycles. The molecule has 13 heavy (non-hydrogen) atoms. The van der Waals surface area contributed by atoms with Crippen LogP contribution in [0.4, 0.5) is 0 Å². The molecule has 1 rings (SSSR count). The summed E-state index contributed by atoms with van der Waals surface area (Å²) >= 11 is 1.82. The number of hydrogen-bond donors (Lipinski definition) is 1. The zero-order valence-corrected chi connectivity index (χ0v) is 8.81. The summed E-state index contributed by atoms with van der Waals surface area (Å²) in [5.74, 6) is 0.